The molecule has 6 heteroatoms. The van der Waals surface area contributed by atoms with Crippen LogP contribution in [-0.4, -0.2) is 29.0 Å². The predicted octanol–water partition coefficient (Wildman–Crippen LogP) is 5.13. The number of amides is 2. The highest BCUT2D eigenvalue weighted by Gasteiger charge is 2.27. The van der Waals surface area contributed by atoms with E-state index in [0.717, 1.165) is 35.4 Å². The minimum Gasteiger partial charge on any atom is -0.440 e. The van der Waals surface area contributed by atoms with Gasteiger partial charge >= 0.3 is 6.03 Å². The highest BCUT2D eigenvalue weighted by Crippen LogP contribution is 2.30. The molecule has 1 fully saturated rings. The fraction of sp³-hybridized carbons (Fsp3) is 0.333. The Morgan fingerprint density at radius 1 is 1.19 bits per heavy atom. The van der Waals surface area contributed by atoms with Gasteiger partial charge in [-0.2, -0.15) is 0 Å². The van der Waals surface area contributed by atoms with Crippen molar-refractivity contribution in [2.24, 2.45) is 0 Å². The molecule has 0 saturated carbocycles. The quantitative estimate of drug-likeness (QED) is 0.681. The third kappa shape index (κ3) is 3.78. The van der Waals surface area contributed by atoms with Crippen molar-refractivity contribution in [1.29, 1.82) is 0 Å². The van der Waals surface area contributed by atoms with Crippen molar-refractivity contribution >= 4 is 28.7 Å². The molecule has 3 aromatic rings. The molecular formula is C21H22ClN3O2. The average molecular weight is 384 g/mol. The summed E-state index contributed by atoms with van der Waals surface area (Å²) in [5.41, 5.74) is 2.64. The third-order valence-corrected chi connectivity index (χ3v) is 5.50. The van der Waals surface area contributed by atoms with E-state index in [1.54, 1.807) is 0 Å². The summed E-state index contributed by atoms with van der Waals surface area (Å²) in [6.07, 6.45) is 1.70. The third-order valence-electron chi connectivity index (χ3n) is 5.15. The van der Waals surface area contributed by atoms with E-state index < -0.39 is 0 Å². The number of nitrogens with one attached hydrogen (secondary N) is 1. The number of urea groups is 1. The molecule has 1 unspecified atom stereocenters. The minimum atomic E-state index is -0.138. The summed E-state index contributed by atoms with van der Waals surface area (Å²) in [6.45, 7) is 3.32. The number of halogens is 1. The van der Waals surface area contributed by atoms with Crippen LogP contribution in [0.3, 0.4) is 0 Å². The molecule has 140 valence electrons. The van der Waals surface area contributed by atoms with Crippen molar-refractivity contribution in [2.45, 2.75) is 31.7 Å². The topological polar surface area (TPSA) is 58.4 Å². The molecule has 0 bridgehead atoms. The molecule has 27 heavy (non-hydrogen) atoms. The number of benzene rings is 2. The largest absolute Gasteiger partial charge is 0.440 e. The second-order valence-corrected chi connectivity index (χ2v) is 7.38. The van der Waals surface area contributed by atoms with Crippen LogP contribution in [0.5, 0.6) is 0 Å². The van der Waals surface area contributed by atoms with Gasteiger partial charge in [-0.05, 0) is 43.5 Å². The van der Waals surface area contributed by atoms with Gasteiger partial charge in [0.15, 0.2) is 11.5 Å². The number of hydrogen-bond acceptors (Lipinski definition) is 3. The van der Waals surface area contributed by atoms with Crippen LogP contribution in [0.25, 0.3) is 11.1 Å². The second kappa shape index (κ2) is 7.61. The van der Waals surface area contributed by atoms with E-state index in [-0.39, 0.29) is 18.0 Å². The van der Waals surface area contributed by atoms with Crippen molar-refractivity contribution in [3.8, 4) is 0 Å². The number of fused-ring (bicyclic) bond motifs is 1. The molecule has 1 aliphatic rings. The Morgan fingerprint density at radius 2 is 1.89 bits per heavy atom. The van der Waals surface area contributed by atoms with Gasteiger partial charge in [-0.1, -0.05) is 41.9 Å². The second-order valence-electron chi connectivity index (χ2n) is 6.97. The highest BCUT2D eigenvalue weighted by atomic mass is 35.5. The number of likely N-dealkylation sites (tertiary alicyclic amines) is 1. The fourth-order valence-corrected chi connectivity index (χ4v) is 3.87. The van der Waals surface area contributed by atoms with Gasteiger partial charge in [0, 0.05) is 24.0 Å². The molecule has 0 aliphatic carbocycles. The molecular weight excluding hydrogens is 362 g/mol. The normalized spacial score (nSPS) is 16.4. The number of rotatable bonds is 3. The summed E-state index contributed by atoms with van der Waals surface area (Å²) >= 11 is 6.23. The molecule has 2 heterocycles. The number of nitrogens with zero attached hydrogens (tertiary/aromatic N) is 2. The maximum Gasteiger partial charge on any atom is 0.317 e. The summed E-state index contributed by atoms with van der Waals surface area (Å²) in [5, 5.41) is 3.71. The SMILES string of the molecule is CC(NC(=O)N1CCC(c2nc3ccccc3o2)CC1)c1ccccc1Cl. The minimum absolute atomic E-state index is 0.0570. The van der Waals surface area contributed by atoms with Gasteiger partial charge in [0.25, 0.3) is 0 Å². The lowest BCUT2D eigenvalue weighted by molar-refractivity contribution is 0.174. The van der Waals surface area contributed by atoms with Gasteiger partial charge in [0.05, 0.1) is 6.04 Å². The molecule has 0 spiro atoms. The zero-order valence-electron chi connectivity index (χ0n) is 15.2. The Kier molecular flexibility index (Phi) is 5.03. The maximum atomic E-state index is 12.6. The molecule has 2 aromatic carbocycles. The van der Waals surface area contributed by atoms with Crippen LogP contribution in [0.2, 0.25) is 5.02 Å². The molecule has 4 rings (SSSR count). The number of para-hydroxylation sites is 2. The van der Waals surface area contributed by atoms with Crippen molar-refractivity contribution in [3.63, 3.8) is 0 Å². The first-order valence-electron chi connectivity index (χ1n) is 9.27. The predicted molar refractivity (Wildman–Crippen MR) is 106 cm³/mol. The van der Waals surface area contributed by atoms with E-state index in [1.165, 1.54) is 0 Å². The molecule has 1 N–H and O–H groups in total. The lowest BCUT2D eigenvalue weighted by Crippen LogP contribution is -2.44. The van der Waals surface area contributed by atoms with Gasteiger partial charge in [-0.25, -0.2) is 9.78 Å². The average Bonchev–Trinajstić information content (AvgIpc) is 3.12. The van der Waals surface area contributed by atoms with Crippen LogP contribution in [0.1, 0.15) is 43.2 Å². The van der Waals surface area contributed by atoms with E-state index >= 15 is 0 Å². The monoisotopic (exact) mass is 383 g/mol. The zero-order chi connectivity index (χ0) is 18.8. The number of aromatic nitrogens is 1. The Bertz CT molecular complexity index is 914. The Labute approximate surface area is 163 Å². The summed E-state index contributed by atoms with van der Waals surface area (Å²) < 4.78 is 5.89. The Hall–Kier alpha value is -2.53. The summed E-state index contributed by atoms with van der Waals surface area (Å²) in [5.74, 6) is 1.03. The first kappa shape index (κ1) is 17.9. The lowest BCUT2D eigenvalue weighted by atomic mass is 9.97. The van der Waals surface area contributed by atoms with E-state index in [2.05, 4.69) is 10.3 Å². The van der Waals surface area contributed by atoms with Crippen LogP contribution in [0.4, 0.5) is 4.79 Å². The molecule has 1 aliphatic heterocycles. The first-order valence-corrected chi connectivity index (χ1v) is 9.65. The molecule has 1 atom stereocenters. The highest BCUT2D eigenvalue weighted by molar-refractivity contribution is 6.31. The number of carbonyl (C=O) groups is 1. The van der Waals surface area contributed by atoms with Gasteiger partial charge < -0.3 is 14.6 Å². The number of hydrogen-bond donors (Lipinski definition) is 1. The lowest BCUT2D eigenvalue weighted by Gasteiger charge is -2.31. The van der Waals surface area contributed by atoms with Crippen molar-refractivity contribution in [1.82, 2.24) is 15.2 Å². The van der Waals surface area contributed by atoms with Crippen molar-refractivity contribution < 1.29 is 9.21 Å². The van der Waals surface area contributed by atoms with Gasteiger partial charge in [0.1, 0.15) is 5.52 Å². The fourth-order valence-electron chi connectivity index (χ4n) is 3.57. The number of piperidine rings is 1. The van der Waals surface area contributed by atoms with Crippen molar-refractivity contribution in [3.05, 3.63) is 65.0 Å². The van der Waals surface area contributed by atoms with E-state index in [9.17, 15) is 4.79 Å². The summed E-state index contributed by atoms with van der Waals surface area (Å²) in [6, 6.07) is 15.2. The number of carbonyl (C=O) groups excluding carboxylic acids is 1. The van der Waals surface area contributed by atoms with Crippen LogP contribution in [0, 0.1) is 0 Å². The van der Waals surface area contributed by atoms with Crippen LogP contribution < -0.4 is 5.32 Å². The molecule has 0 radical (unpaired) electrons. The van der Waals surface area contributed by atoms with Crippen molar-refractivity contribution in [2.75, 3.05) is 13.1 Å². The standard InChI is InChI=1S/C21H22ClN3O2/c1-14(16-6-2-3-7-17(16)22)23-21(26)25-12-10-15(11-13-25)20-24-18-8-4-5-9-19(18)27-20/h2-9,14-15H,10-13H2,1H3,(H,23,26). The summed E-state index contributed by atoms with van der Waals surface area (Å²) in [4.78, 5) is 19.1. The first-order chi connectivity index (χ1) is 13.1. The number of oxazole rings is 1. The van der Waals surface area contributed by atoms with Gasteiger partial charge in [0.2, 0.25) is 0 Å². The van der Waals surface area contributed by atoms with E-state index in [0.29, 0.717) is 18.1 Å². The maximum absolute atomic E-state index is 12.6. The molecule has 5 nitrogen and oxygen atoms in total. The van der Waals surface area contributed by atoms with Crippen LogP contribution >= 0.6 is 11.6 Å². The van der Waals surface area contributed by atoms with E-state index in [4.69, 9.17) is 16.0 Å². The zero-order valence-corrected chi connectivity index (χ0v) is 15.9. The smallest absolute Gasteiger partial charge is 0.317 e. The Balaban J connectivity index is 1.36. The van der Waals surface area contributed by atoms with Gasteiger partial charge in [-0.15, -0.1) is 0 Å². The van der Waals surface area contributed by atoms with Crippen LogP contribution in [-0.2, 0) is 0 Å². The molecule has 1 aromatic heterocycles. The summed E-state index contributed by atoms with van der Waals surface area (Å²) in [7, 11) is 0. The molecule has 2 amide bonds. The Morgan fingerprint density at radius 3 is 2.63 bits per heavy atom. The molecule has 1 saturated heterocycles. The van der Waals surface area contributed by atoms with E-state index in [1.807, 2.05) is 60.4 Å². The van der Waals surface area contributed by atoms with Crippen LogP contribution in [0.15, 0.2) is 52.9 Å². The van der Waals surface area contributed by atoms with Gasteiger partial charge in [-0.3, -0.25) is 0 Å².